The van der Waals surface area contributed by atoms with E-state index in [-0.39, 0.29) is 6.04 Å². The van der Waals surface area contributed by atoms with E-state index in [4.69, 9.17) is 4.52 Å². The van der Waals surface area contributed by atoms with Crippen molar-refractivity contribution < 1.29 is 4.52 Å². The van der Waals surface area contributed by atoms with Gasteiger partial charge in [0.05, 0.1) is 6.04 Å². The topological polar surface area (TPSA) is 42.2 Å². The van der Waals surface area contributed by atoms with Crippen LogP contribution in [0.15, 0.2) is 4.52 Å². The van der Waals surface area contributed by atoms with E-state index in [1.807, 2.05) is 0 Å². The summed E-state index contributed by atoms with van der Waals surface area (Å²) in [4.78, 5) is 7.12. The van der Waals surface area contributed by atoms with E-state index in [1.165, 1.54) is 45.1 Å². The van der Waals surface area contributed by atoms with Crippen molar-refractivity contribution in [2.24, 2.45) is 29.1 Å². The van der Waals surface area contributed by atoms with Gasteiger partial charge in [-0.05, 0) is 81.6 Å². The summed E-state index contributed by atoms with van der Waals surface area (Å²) in [7, 11) is 2.25. The Morgan fingerprint density at radius 3 is 2.21 bits per heavy atom. The van der Waals surface area contributed by atoms with Crippen molar-refractivity contribution in [2.75, 3.05) is 13.6 Å². The second-order valence-corrected chi connectivity index (χ2v) is 9.66. The van der Waals surface area contributed by atoms with Crippen LogP contribution in [0, 0.1) is 29.1 Å². The third kappa shape index (κ3) is 3.14. The van der Waals surface area contributed by atoms with Crippen molar-refractivity contribution in [3.05, 3.63) is 11.7 Å². The van der Waals surface area contributed by atoms with Gasteiger partial charge in [0, 0.05) is 13.0 Å². The molecule has 4 saturated carbocycles. The molecule has 0 spiro atoms. The van der Waals surface area contributed by atoms with Crippen LogP contribution in [0.4, 0.5) is 0 Å². The zero-order valence-corrected chi connectivity index (χ0v) is 15.8. The molecular weight excluding hydrogens is 298 g/mol. The van der Waals surface area contributed by atoms with Crippen LogP contribution in [0.25, 0.3) is 0 Å². The van der Waals surface area contributed by atoms with Crippen molar-refractivity contribution in [3.63, 3.8) is 0 Å². The van der Waals surface area contributed by atoms with Crippen molar-refractivity contribution in [2.45, 2.75) is 71.8 Å². The molecule has 0 aliphatic heterocycles. The second-order valence-electron chi connectivity index (χ2n) is 9.66. The fraction of sp³-hybridized carbons (Fsp3) is 0.900. The first kappa shape index (κ1) is 16.6. The average Bonchev–Trinajstić information content (AvgIpc) is 2.92. The molecule has 24 heavy (non-hydrogen) atoms. The maximum Gasteiger partial charge on any atom is 0.243 e. The largest absolute Gasteiger partial charge is 0.338 e. The van der Waals surface area contributed by atoms with E-state index in [0.717, 1.165) is 35.9 Å². The Morgan fingerprint density at radius 2 is 1.67 bits per heavy atom. The summed E-state index contributed by atoms with van der Waals surface area (Å²) >= 11 is 0. The molecule has 1 aromatic heterocycles. The van der Waals surface area contributed by atoms with Gasteiger partial charge in [-0.1, -0.05) is 19.0 Å². The van der Waals surface area contributed by atoms with Crippen LogP contribution in [0.2, 0.25) is 0 Å². The molecule has 1 unspecified atom stereocenters. The summed E-state index contributed by atoms with van der Waals surface area (Å²) in [5, 5.41) is 4.17. The molecule has 4 aliphatic rings. The Morgan fingerprint density at radius 1 is 1.08 bits per heavy atom. The lowest BCUT2D eigenvalue weighted by Crippen LogP contribution is -2.50. The molecule has 4 heteroatoms. The zero-order chi connectivity index (χ0) is 16.9. The Labute approximate surface area is 146 Å². The zero-order valence-electron chi connectivity index (χ0n) is 15.8. The van der Waals surface area contributed by atoms with Gasteiger partial charge in [0.2, 0.25) is 5.89 Å². The molecule has 4 nitrogen and oxygen atoms in total. The monoisotopic (exact) mass is 331 g/mol. The minimum Gasteiger partial charge on any atom is -0.338 e. The van der Waals surface area contributed by atoms with Gasteiger partial charge in [0.1, 0.15) is 0 Å². The van der Waals surface area contributed by atoms with Crippen LogP contribution in [0.3, 0.4) is 0 Å². The summed E-state index contributed by atoms with van der Waals surface area (Å²) < 4.78 is 5.57. The molecule has 0 radical (unpaired) electrons. The average molecular weight is 332 g/mol. The molecule has 4 aliphatic carbocycles. The van der Waals surface area contributed by atoms with Crippen LogP contribution in [-0.4, -0.2) is 28.6 Å². The summed E-state index contributed by atoms with van der Waals surface area (Å²) in [6, 6.07) is 0.214. The van der Waals surface area contributed by atoms with Gasteiger partial charge in [-0.3, -0.25) is 4.90 Å². The SMILES string of the molecule is CC(C)Cc1noc(C(C)N(C)CC23CC4CC(CC(C4)C2)C3)n1. The van der Waals surface area contributed by atoms with Crippen LogP contribution in [0.5, 0.6) is 0 Å². The molecule has 134 valence electrons. The van der Waals surface area contributed by atoms with Crippen molar-refractivity contribution in [1.29, 1.82) is 0 Å². The fourth-order valence-corrected chi connectivity index (χ4v) is 6.22. The van der Waals surface area contributed by atoms with Gasteiger partial charge in [-0.25, -0.2) is 0 Å². The van der Waals surface area contributed by atoms with Crippen LogP contribution >= 0.6 is 0 Å². The van der Waals surface area contributed by atoms with Crippen molar-refractivity contribution in [1.82, 2.24) is 15.0 Å². The molecule has 0 amide bonds. The third-order valence-electron chi connectivity index (χ3n) is 6.84. The van der Waals surface area contributed by atoms with Gasteiger partial charge in [-0.15, -0.1) is 0 Å². The Hall–Kier alpha value is -0.900. The predicted molar refractivity (Wildman–Crippen MR) is 94.5 cm³/mol. The van der Waals surface area contributed by atoms with Gasteiger partial charge in [0.25, 0.3) is 0 Å². The highest BCUT2D eigenvalue weighted by molar-refractivity contribution is 5.03. The van der Waals surface area contributed by atoms with Crippen molar-refractivity contribution >= 4 is 0 Å². The molecule has 0 aromatic carbocycles. The van der Waals surface area contributed by atoms with E-state index in [1.54, 1.807) is 0 Å². The highest BCUT2D eigenvalue weighted by Gasteiger charge is 2.51. The molecule has 5 rings (SSSR count). The minimum atomic E-state index is 0.214. The van der Waals surface area contributed by atoms with Gasteiger partial charge >= 0.3 is 0 Å². The van der Waals surface area contributed by atoms with Gasteiger partial charge < -0.3 is 4.52 Å². The summed E-state index contributed by atoms with van der Waals surface area (Å²) in [5.41, 5.74) is 0.568. The Bertz CT molecular complexity index is 544. The van der Waals surface area contributed by atoms with E-state index < -0.39 is 0 Å². The molecular formula is C20H33N3O. The second kappa shape index (κ2) is 6.12. The third-order valence-corrected chi connectivity index (χ3v) is 6.84. The lowest BCUT2D eigenvalue weighted by molar-refractivity contribution is -0.0713. The van der Waals surface area contributed by atoms with E-state index in [0.29, 0.717) is 11.3 Å². The van der Waals surface area contributed by atoms with Crippen LogP contribution in [0.1, 0.15) is 77.1 Å². The number of nitrogens with zero attached hydrogens (tertiary/aromatic N) is 3. The standard InChI is InChI=1S/C20H33N3O/c1-13(2)5-18-21-19(24-22-18)14(3)23(4)12-20-9-15-6-16(10-20)8-17(7-15)11-20/h13-17H,5-12H2,1-4H3. The highest BCUT2D eigenvalue weighted by Crippen LogP contribution is 2.60. The first-order valence-corrected chi connectivity index (χ1v) is 9.95. The van der Waals surface area contributed by atoms with Gasteiger partial charge in [-0.2, -0.15) is 4.98 Å². The summed E-state index contributed by atoms with van der Waals surface area (Å²) in [5.74, 6) is 5.26. The predicted octanol–water partition coefficient (Wildman–Crippen LogP) is 4.48. The molecule has 1 heterocycles. The summed E-state index contributed by atoms with van der Waals surface area (Å²) in [6.07, 6.45) is 9.81. The normalized spacial score (nSPS) is 36.0. The molecule has 1 atom stereocenters. The molecule has 0 N–H and O–H groups in total. The maximum absolute atomic E-state index is 5.57. The molecule has 4 fully saturated rings. The summed E-state index contributed by atoms with van der Waals surface area (Å²) in [6.45, 7) is 7.80. The lowest BCUT2D eigenvalue weighted by atomic mass is 9.49. The van der Waals surface area contributed by atoms with Crippen LogP contribution < -0.4 is 0 Å². The lowest BCUT2D eigenvalue weighted by Gasteiger charge is -2.58. The highest BCUT2D eigenvalue weighted by atomic mass is 16.5. The minimum absolute atomic E-state index is 0.214. The smallest absolute Gasteiger partial charge is 0.243 e. The van der Waals surface area contributed by atoms with E-state index in [9.17, 15) is 0 Å². The van der Waals surface area contributed by atoms with Crippen LogP contribution in [-0.2, 0) is 6.42 Å². The number of aromatic nitrogens is 2. The van der Waals surface area contributed by atoms with Gasteiger partial charge in [0.15, 0.2) is 5.82 Å². The first-order valence-electron chi connectivity index (χ1n) is 9.95. The van der Waals surface area contributed by atoms with Crippen molar-refractivity contribution in [3.8, 4) is 0 Å². The number of hydrogen-bond acceptors (Lipinski definition) is 4. The van der Waals surface area contributed by atoms with E-state index >= 15 is 0 Å². The Balaban J connectivity index is 1.42. The maximum atomic E-state index is 5.57. The van der Waals surface area contributed by atoms with E-state index in [2.05, 4.69) is 42.9 Å². The fourth-order valence-electron chi connectivity index (χ4n) is 6.22. The quantitative estimate of drug-likeness (QED) is 0.771. The molecule has 0 saturated heterocycles. The molecule has 1 aromatic rings. The number of rotatable bonds is 6. The Kier molecular flexibility index (Phi) is 4.22. The first-order chi connectivity index (χ1) is 11.4. The number of hydrogen-bond donors (Lipinski definition) is 0. The molecule has 4 bridgehead atoms.